The number of halogens is 3. The van der Waals surface area contributed by atoms with Gasteiger partial charge in [0.2, 0.25) is 0 Å². The van der Waals surface area contributed by atoms with E-state index in [9.17, 15) is 13.6 Å². The maximum atomic E-state index is 13.1. The van der Waals surface area contributed by atoms with Gasteiger partial charge in [0.15, 0.2) is 11.6 Å². The number of terminal acetylenes is 1. The standard InChI is InChI=1S/C9H4BrF2NO/c1-2-8(14)13-9-6(11)3-5(10)4-7(9)12/h1,3-4H,(H,13,14). The molecule has 0 bridgehead atoms. The van der Waals surface area contributed by atoms with Gasteiger partial charge < -0.3 is 5.32 Å². The van der Waals surface area contributed by atoms with Gasteiger partial charge in [0.05, 0.1) is 0 Å². The van der Waals surface area contributed by atoms with Gasteiger partial charge in [-0.3, -0.25) is 4.79 Å². The lowest BCUT2D eigenvalue weighted by Crippen LogP contribution is -2.11. The van der Waals surface area contributed by atoms with Gasteiger partial charge in [0.1, 0.15) is 5.69 Å². The fraction of sp³-hybridized carbons (Fsp3) is 0. The van der Waals surface area contributed by atoms with Crippen LogP contribution in [0.1, 0.15) is 0 Å². The van der Waals surface area contributed by atoms with Crippen molar-refractivity contribution < 1.29 is 13.6 Å². The summed E-state index contributed by atoms with van der Waals surface area (Å²) < 4.78 is 26.4. The van der Waals surface area contributed by atoms with Crippen molar-refractivity contribution >= 4 is 27.5 Å². The fourth-order valence-electron chi connectivity index (χ4n) is 0.811. The molecule has 0 aromatic heterocycles. The Balaban J connectivity index is 3.10. The third-order valence-electron chi connectivity index (χ3n) is 1.38. The van der Waals surface area contributed by atoms with E-state index in [-0.39, 0.29) is 4.47 Å². The molecule has 0 aliphatic heterocycles. The molecule has 0 heterocycles. The number of nitrogens with one attached hydrogen (secondary N) is 1. The molecule has 0 aliphatic rings. The minimum absolute atomic E-state index is 0.242. The molecule has 1 rings (SSSR count). The summed E-state index contributed by atoms with van der Waals surface area (Å²) >= 11 is 2.90. The molecule has 1 aromatic carbocycles. The Morgan fingerprint density at radius 3 is 2.36 bits per heavy atom. The molecule has 14 heavy (non-hydrogen) atoms. The first kappa shape index (κ1) is 10.7. The number of anilines is 1. The van der Waals surface area contributed by atoms with Crippen LogP contribution in [0.3, 0.4) is 0 Å². The Kier molecular flexibility index (Phi) is 3.20. The second-order valence-corrected chi connectivity index (χ2v) is 3.26. The Hall–Kier alpha value is -1.41. The third kappa shape index (κ3) is 2.30. The summed E-state index contributed by atoms with van der Waals surface area (Å²) in [5.74, 6) is -0.988. The molecule has 72 valence electrons. The highest BCUT2D eigenvalue weighted by molar-refractivity contribution is 9.10. The van der Waals surface area contributed by atoms with Crippen molar-refractivity contribution in [2.45, 2.75) is 0 Å². The second kappa shape index (κ2) is 4.20. The van der Waals surface area contributed by atoms with Crippen LogP contribution in [0.4, 0.5) is 14.5 Å². The predicted octanol–water partition coefficient (Wildman–Crippen LogP) is 2.30. The van der Waals surface area contributed by atoms with Gasteiger partial charge >= 0.3 is 0 Å². The largest absolute Gasteiger partial charge is 0.310 e. The summed E-state index contributed by atoms with van der Waals surface area (Å²) in [4.78, 5) is 10.7. The number of benzene rings is 1. The molecule has 1 amide bonds. The molecule has 0 saturated carbocycles. The lowest BCUT2D eigenvalue weighted by atomic mass is 10.3. The zero-order valence-corrected chi connectivity index (χ0v) is 8.36. The third-order valence-corrected chi connectivity index (χ3v) is 1.83. The van der Waals surface area contributed by atoms with E-state index in [0.717, 1.165) is 12.1 Å². The van der Waals surface area contributed by atoms with E-state index in [1.165, 1.54) is 0 Å². The number of amides is 1. The van der Waals surface area contributed by atoms with Crippen molar-refractivity contribution in [2.24, 2.45) is 0 Å². The van der Waals surface area contributed by atoms with Crippen LogP contribution in [0, 0.1) is 24.0 Å². The van der Waals surface area contributed by atoms with Crippen molar-refractivity contribution in [2.75, 3.05) is 5.32 Å². The van der Waals surface area contributed by atoms with Gasteiger partial charge in [-0.05, 0) is 18.1 Å². The maximum absolute atomic E-state index is 13.1. The van der Waals surface area contributed by atoms with Crippen LogP contribution in [0.5, 0.6) is 0 Å². The van der Waals surface area contributed by atoms with Gasteiger partial charge in [0, 0.05) is 4.47 Å². The van der Waals surface area contributed by atoms with Crippen molar-refractivity contribution in [1.29, 1.82) is 0 Å². The first-order chi connectivity index (χ1) is 6.54. The van der Waals surface area contributed by atoms with Gasteiger partial charge in [-0.25, -0.2) is 8.78 Å². The van der Waals surface area contributed by atoms with Crippen molar-refractivity contribution in [3.8, 4) is 12.3 Å². The van der Waals surface area contributed by atoms with E-state index < -0.39 is 23.2 Å². The average Bonchev–Trinajstić information content (AvgIpc) is 2.10. The van der Waals surface area contributed by atoms with Crippen LogP contribution in [0.15, 0.2) is 16.6 Å². The summed E-state index contributed by atoms with van der Waals surface area (Å²) in [6.07, 6.45) is 4.73. The molecular formula is C9H4BrF2NO. The fourth-order valence-corrected chi connectivity index (χ4v) is 1.21. The summed E-state index contributed by atoms with van der Waals surface area (Å²) in [6.45, 7) is 0. The number of carbonyl (C=O) groups excluding carboxylic acids is 1. The van der Waals surface area contributed by atoms with Gasteiger partial charge in [-0.1, -0.05) is 15.9 Å². The Bertz CT molecular complexity index is 402. The molecule has 0 radical (unpaired) electrons. The summed E-state index contributed by atoms with van der Waals surface area (Å²) in [5, 5.41) is 1.91. The first-order valence-electron chi connectivity index (χ1n) is 3.46. The minimum Gasteiger partial charge on any atom is -0.310 e. The van der Waals surface area contributed by atoms with Crippen molar-refractivity contribution in [3.05, 3.63) is 28.2 Å². The molecule has 0 aliphatic carbocycles. The van der Waals surface area contributed by atoms with Crippen LogP contribution in [-0.4, -0.2) is 5.91 Å². The van der Waals surface area contributed by atoms with Crippen LogP contribution in [0.25, 0.3) is 0 Å². The van der Waals surface area contributed by atoms with E-state index >= 15 is 0 Å². The van der Waals surface area contributed by atoms with E-state index in [4.69, 9.17) is 6.42 Å². The quantitative estimate of drug-likeness (QED) is 0.771. The molecular weight excluding hydrogens is 256 g/mol. The Labute approximate surface area is 87.4 Å². The Morgan fingerprint density at radius 1 is 1.43 bits per heavy atom. The number of carbonyl (C=O) groups is 1. The number of hydrogen-bond acceptors (Lipinski definition) is 1. The maximum Gasteiger partial charge on any atom is 0.300 e. The van der Waals surface area contributed by atoms with Gasteiger partial charge in [-0.15, -0.1) is 6.42 Å². The van der Waals surface area contributed by atoms with Crippen LogP contribution < -0.4 is 5.32 Å². The zero-order chi connectivity index (χ0) is 10.7. The molecule has 2 nitrogen and oxygen atoms in total. The van der Waals surface area contributed by atoms with E-state index in [0.29, 0.717) is 0 Å². The second-order valence-electron chi connectivity index (χ2n) is 2.34. The van der Waals surface area contributed by atoms with E-state index in [2.05, 4.69) is 15.9 Å². The summed E-state index contributed by atoms with van der Waals surface area (Å²) in [7, 11) is 0. The number of hydrogen-bond donors (Lipinski definition) is 1. The molecule has 0 spiro atoms. The SMILES string of the molecule is C#CC(=O)Nc1c(F)cc(Br)cc1F. The molecule has 1 N–H and O–H groups in total. The van der Waals surface area contributed by atoms with Crippen molar-refractivity contribution in [1.82, 2.24) is 0 Å². The number of rotatable bonds is 1. The zero-order valence-electron chi connectivity index (χ0n) is 6.77. The van der Waals surface area contributed by atoms with Crippen molar-refractivity contribution in [3.63, 3.8) is 0 Å². The van der Waals surface area contributed by atoms with E-state index in [1.807, 2.05) is 5.32 Å². The topological polar surface area (TPSA) is 29.1 Å². The highest BCUT2D eigenvalue weighted by atomic mass is 79.9. The summed E-state index contributed by atoms with van der Waals surface area (Å²) in [6, 6.07) is 2.05. The normalized spacial score (nSPS) is 9.29. The van der Waals surface area contributed by atoms with Crippen LogP contribution in [0.2, 0.25) is 0 Å². The first-order valence-corrected chi connectivity index (χ1v) is 4.26. The molecule has 0 unspecified atom stereocenters. The molecule has 1 aromatic rings. The van der Waals surface area contributed by atoms with Crippen LogP contribution >= 0.6 is 15.9 Å². The summed E-state index contributed by atoms with van der Waals surface area (Å²) in [5.41, 5.74) is -0.545. The Morgan fingerprint density at radius 2 is 1.93 bits per heavy atom. The van der Waals surface area contributed by atoms with Crippen LogP contribution in [-0.2, 0) is 4.79 Å². The highest BCUT2D eigenvalue weighted by Gasteiger charge is 2.11. The van der Waals surface area contributed by atoms with Gasteiger partial charge in [-0.2, -0.15) is 0 Å². The predicted molar refractivity (Wildman–Crippen MR) is 51.5 cm³/mol. The van der Waals surface area contributed by atoms with E-state index in [1.54, 1.807) is 5.92 Å². The highest BCUT2D eigenvalue weighted by Crippen LogP contribution is 2.23. The lowest BCUT2D eigenvalue weighted by molar-refractivity contribution is -0.111. The smallest absolute Gasteiger partial charge is 0.300 e. The molecule has 0 saturated heterocycles. The van der Waals surface area contributed by atoms with Gasteiger partial charge in [0.25, 0.3) is 5.91 Å². The molecule has 0 fully saturated rings. The minimum atomic E-state index is -0.898. The average molecular weight is 260 g/mol. The molecule has 5 heteroatoms. The lowest BCUT2D eigenvalue weighted by Gasteiger charge is -2.04. The molecule has 0 atom stereocenters. The monoisotopic (exact) mass is 259 g/mol.